The zero-order valence-electron chi connectivity index (χ0n) is 18.7. The van der Waals surface area contributed by atoms with Crippen molar-refractivity contribution in [2.45, 2.75) is 20.3 Å². The highest BCUT2D eigenvalue weighted by atomic mass is 32.2. The Morgan fingerprint density at radius 1 is 1.15 bits per heavy atom. The van der Waals surface area contributed by atoms with Crippen molar-refractivity contribution in [3.8, 4) is 11.3 Å². The van der Waals surface area contributed by atoms with Crippen LogP contribution in [0, 0.1) is 6.92 Å². The molecule has 1 fully saturated rings. The minimum atomic E-state index is -0.407. The Labute approximate surface area is 197 Å². The SMILES string of the molecule is CCCN1C(=O)/C(=C\c2ccc(-c3cccc(C(=O)OC)c3)o2)SC1=Nc1ccc(C)cc1. The van der Waals surface area contributed by atoms with Gasteiger partial charge in [-0.05, 0) is 61.5 Å². The summed E-state index contributed by atoms with van der Waals surface area (Å²) in [4.78, 5) is 31.8. The number of carbonyl (C=O) groups excluding carboxylic acids is 2. The van der Waals surface area contributed by atoms with Gasteiger partial charge >= 0.3 is 5.97 Å². The average Bonchev–Trinajstić information content (AvgIpc) is 3.41. The van der Waals surface area contributed by atoms with Crippen LogP contribution in [0.5, 0.6) is 0 Å². The van der Waals surface area contributed by atoms with Crippen LogP contribution < -0.4 is 0 Å². The van der Waals surface area contributed by atoms with Gasteiger partial charge in [-0.15, -0.1) is 0 Å². The fourth-order valence-corrected chi connectivity index (χ4v) is 4.38. The second-order valence-electron chi connectivity index (χ2n) is 7.57. The van der Waals surface area contributed by atoms with E-state index in [9.17, 15) is 9.59 Å². The summed E-state index contributed by atoms with van der Waals surface area (Å²) in [7, 11) is 1.35. The van der Waals surface area contributed by atoms with E-state index < -0.39 is 5.97 Å². The van der Waals surface area contributed by atoms with Gasteiger partial charge in [0.25, 0.3) is 5.91 Å². The van der Waals surface area contributed by atoms with E-state index in [1.807, 2.05) is 50.2 Å². The smallest absolute Gasteiger partial charge is 0.337 e. The molecule has 0 bridgehead atoms. The topological polar surface area (TPSA) is 72.1 Å². The minimum Gasteiger partial charge on any atom is -0.465 e. The number of aliphatic imine (C=N–C) groups is 1. The number of amides is 1. The van der Waals surface area contributed by atoms with E-state index in [0.29, 0.717) is 33.7 Å². The number of thioether (sulfide) groups is 1. The molecule has 0 saturated carbocycles. The van der Waals surface area contributed by atoms with Gasteiger partial charge in [0.15, 0.2) is 5.17 Å². The molecule has 0 unspecified atom stereocenters. The number of hydrogen-bond acceptors (Lipinski definition) is 6. The first kappa shape index (κ1) is 22.6. The minimum absolute atomic E-state index is 0.0849. The van der Waals surface area contributed by atoms with Crippen LogP contribution in [-0.2, 0) is 9.53 Å². The van der Waals surface area contributed by atoms with Gasteiger partial charge in [0, 0.05) is 18.2 Å². The molecule has 0 aliphatic carbocycles. The third-order valence-electron chi connectivity index (χ3n) is 5.06. The first-order valence-electron chi connectivity index (χ1n) is 10.6. The lowest BCUT2D eigenvalue weighted by Crippen LogP contribution is -2.29. The summed E-state index contributed by atoms with van der Waals surface area (Å²) in [5, 5.41) is 0.662. The van der Waals surface area contributed by atoms with Crippen LogP contribution in [0.4, 0.5) is 5.69 Å². The molecule has 4 rings (SSSR count). The molecule has 33 heavy (non-hydrogen) atoms. The van der Waals surface area contributed by atoms with Gasteiger partial charge in [-0.1, -0.05) is 36.8 Å². The second-order valence-corrected chi connectivity index (χ2v) is 8.58. The Bertz CT molecular complexity index is 1240. The van der Waals surface area contributed by atoms with Crippen molar-refractivity contribution in [3.63, 3.8) is 0 Å². The van der Waals surface area contributed by atoms with Crippen molar-refractivity contribution < 1.29 is 18.7 Å². The first-order valence-corrected chi connectivity index (χ1v) is 11.5. The Morgan fingerprint density at radius 3 is 2.67 bits per heavy atom. The van der Waals surface area contributed by atoms with Crippen LogP contribution in [-0.4, -0.2) is 35.6 Å². The van der Waals surface area contributed by atoms with Gasteiger partial charge in [0.1, 0.15) is 11.5 Å². The monoisotopic (exact) mass is 460 g/mol. The molecule has 1 aromatic heterocycles. The van der Waals surface area contributed by atoms with Crippen molar-refractivity contribution in [1.82, 2.24) is 4.90 Å². The summed E-state index contributed by atoms with van der Waals surface area (Å²) in [6.07, 6.45) is 2.56. The first-order chi connectivity index (χ1) is 16.0. The second kappa shape index (κ2) is 9.92. The molecule has 1 saturated heterocycles. The zero-order chi connectivity index (χ0) is 23.4. The lowest BCUT2D eigenvalue weighted by molar-refractivity contribution is -0.122. The van der Waals surface area contributed by atoms with E-state index in [1.54, 1.807) is 35.2 Å². The molecule has 0 spiro atoms. The van der Waals surface area contributed by atoms with Crippen molar-refractivity contribution >= 4 is 40.6 Å². The van der Waals surface area contributed by atoms with E-state index >= 15 is 0 Å². The highest BCUT2D eigenvalue weighted by molar-refractivity contribution is 8.18. The standard InChI is InChI=1S/C26H24N2O4S/c1-4-14-28-24(29)23(33-26(28)27-20-10-8-17(2)9-11-20)16-21-12-13-22(32-21)18-6-5-7-19(15-18)25(30)31-3/h5-13,15-16H,4,14H2,1-3H3/b23-16+,27-26?. The van der Waals surface area contributed by atoms with Gasteiger partial charge in [-0.2, -0.15) is 0 Å². The number of carbonyl (C=O) groups is 2. The predicted molar refractivity (Wildman–Crippen MR) is 131 cm³/mol. The molecule has 2 heterocycles. The van der Waals surface area contributed by atoms with Crippen LogP contribution >= 0.6 is 11.8 Å². The average molecular weight is 461 g/mol. The molecule has 3 aromatic rings. The number of rotatable bonds is 6. The fourth-order valence-electron chi connectivity index (χ4n) is 3.37. The summed E-state index contributed by atoms with van der Waals surface area (Å²) in [6, 6.07) is 18.5. The van der Waals surface area contributed by atoms with E-state index in [0.717, 1.165) is 23.2 Å². The van der Waals surface area contributed by atoms with Crippen molar-refractivity contribution in [1.29, 1.82) is 0 Å². The number of ether oxygens (including phenoxy) is 1. The van der Waals surface area contributed by atoms with Gasteiger partial charge in [0.05, 0.1) is 23.3 Å². The van der Waals surface area contributed by atoms with Crippen LogP contribution in [0.25, 0.3) is 17.4 Å². The quantitative estimate of drug-likeness (QED) is 0.330. The number of aryl methyl sites for hydroxylation is 1. The highest BCUT2D eigenvalue weighted by Crippen LogP contribution is 2.35. The number of benzene rings is 2. The normalized spacial score (nSPS) is 16.1. The van der Waals surface area contributed by atoms with Crippen molar-refractivity contribution in [2.75, 3.05) is 13.7 Å². The molecule has 2 aromatic carbocycles. The predicted octanol–water partition coefficient (Wildman–Crippen LogP) is 6.06. The summed E-state index contributed by atoms with van der Waals surface area (Å²) >= 11 is 1.34. The molecule has 168 valence electrons. The Hall–Kier alpha value is -3.58. The van der Waals surface area contributed by atoms with Gasteiger partial charge in [-0.3, -0.25) is 9.69 Å². The largest absolute Gasteiger partial charge is 0.465 e. The Morgan fingerprint density at radius 2 is 1.94 bits per heavy atom. The molecule has 0 N–H and O–H groups in total. The molecule has 1 aliphatic heterocycles. The number of hydrogen-bond donors (Lipinski definition) is 0. The third kappa shape index (κ3) is 5.09. The van der Waals surface area contributed by atoms with Crippen LogP contribution in [0.2, 0.25) is 0 Å². The summed E-state index contributed by atoms with van der Waals surface area (Å²) in [6.45, 7) is 4.65. The number of esters is 1. The Kier molecular flexibility index (Phi) is 6.79. The van der Waals surface area contributed by atoms with E-state index in [2.05, 4.69) is 0 Å². The van der Waals surface area contributed by atoms with Gasteiger partial charge in [0.2, 0.25) is 0 Å². The molecule has 0 atom stereocenters. The van der Waals surface area contributed by atoms with E-state index in [1.165, 1.54) is 18.9 Å². The van der Waals surface area contributed by atoms with Gasteiger partial charge in [-0.25, -0.2) is 9.79 Å². The fraction of sp³-hybridized carbons (Fsp3) is 0.192. The number of furan rings is 1. The zero-order valence-corrected chi connectivity index (χ0v) is 19.5. The molecular weight excluding hydrogens is 436 g/mol. The molecule has 1 amide bonds. The maximum absolute atomic E-state index is 13.0. The molecule has 1 aliphatic rings. The highest BCUT2D eigenvalue weighted by Gasteiger charge is 2.33. The number of nitrogens with zero attached hydrogens (tertiary/aromatic N) is 2. The molecule has 6 nitrogen and oxygen atoms in total. The van der Waals surface area contributed by atoms with Gasteiger partial charge < -0.3 is 9.15 Å². The third-order valence-corrected chi connectivity index (χ3v) is 6.07. The van der Waals surface area contributed by atoms with Crippen molar-refractivity contribution in [2.24, 2.45) is 4.99 Å². The number of methoxy groups -OCH3 is 1. The molecular formula is C26H24N2O4S. The van der Waals surface area contributed by atoms with Crippen LogP contribution in [0.1, 0.15) is 35.0 Å². The molecule has 0 radical (unpaired) electrons. The van der Waals surface area contributed by atoms with Crippen molar-refractivity contribution in [3.05, 3.63) is 82.5 Å². The van der Waals surface area contributed by atoms with E-state index in [-0.39, 0.29) is 5.91 Å². The lowest BCUT2D eigenvalue weighted by atomic mass is 10.1. The van der Waals surface area contributed by atoms with E-state index in [4.69, 9.17) is 14.1 Å². The number of amidine groups is 1. The summed E-state index contributed by atoms with van der Waals surface area (Å²) in [5.74, 6) is 0.660. The maximum atomic E-state index is 13.0. The van der Waals surface area contributed by atoms with Crippen LogP contribution in [0.3, 0.4) is 0 Å². The van der Waals surface area contributed by atoms with Crippen LogP contribution in [0.15, 0.2) is 75.0 Å². The Balaban J connectivity index is 1.60. The molecule has 7 heteroatoms. The maximum Gasteiger partial charge on any atom is 0.337 e. The summed E-state index contributed by atoms with van der Waals surface area (Å²) < 4.78 is 10.7. The lowest BCUT2D eigenvalue weighted by Gasteiger charge is -2.13. The summed E-state index contributed by atoms with van der Waals surface area (Å²) in [5.41, 5.74) is 3.16.